The number of alkyl halides is 3. The normalized spacial score (nSPS) is 12.4. The van der Waals surface area contributed by atoms with Gasteiger partial charge in [-0.25, -0.2) is 4.98 Å². The number of aromatic nitrogens is 2. The van der Waals surface area contributed by atoms with Gasteiger partial charge in [-0.1, -0.05) is 18.2 Å². The summed E-state index contributed by atoms with van der Waals surface area (Å²) in [6, 6.07) is 9.77. The molecule has 2 heterocycles. The summed E-state index contributed by atoms with van der Waals surface area (Å²) < 4.78 is 37.5. The molecule has 0 aliphatic carbocycles. The second-order valence-electron chi connectivity index (χ2n) is 3.76. The molecule has 17 heavy (non-hydrogen) atoms. The number of aromatic amines is 1. The molecule has 1 aromatic carbocycles. The second kappa shape index (κ2) is 3.23. The first kappa shape index (κ1) is 10.1. The van der Waals surface area contributed by atoms with Gasteiger partial charge in [0.1, 0.15) is 11.3 Å². The third-order valence-corrected chi connectivity index (χ3v) is 2.66. The van der Waals surface area contributed by atoms with E-state index >= 15 is 0 Å². The Balaban J connectivity index is 2.34. The lowest BCUT2D eigenvalue weighted by atomic mass is 10.2. The van der Waals surface area contributed by atoms with Crippen LogP contribution >= 0.6 is 0 Å². The Kier molecular flexibility index (Phi) is 1.92. The number of para-hydroxylation sites is 1. The van der Waals surface area contributed by atoms with Gasteiger partial charge >= 0.3 is 6.18 Å². The zero-order valence-electron chi connectivity index (χ0n) is 8.55. The number of hydrogen-bond donors (Lipinski definition) is 1. The molecule has 1 N–H and O–H groups in total. The maximum atomic E-state index is 12.5. The number of benzene rings is 1. The van der Waals surface area contributed by atoms with Crippen molar-refractivity contribution < 1.29 is 13.2 Å². The fourth-order valence-corrected chi connectivity index (χ4v) is 1.88. The Morgan fingerprint density at radius 2 is 1.71 bits per heavy atom. The fraction of sp³-hybridized carbons (Fsp3) is 0.0833. The van der Waals surface area contributed by atoms with Gasteiger partial charge in [-0.2, -0.15) is 13.2 Å². The van der Waals surface area contributed by atoms with E-state index in [4.69, 9.17) is 0 Å². The number of rotatable bonds is 0. The smallest absolute Gasteiger partial charge is 0.339 e. The number of halogens is 3. The predicted octanol–water partition coefficient (Wildman–Crippen LogP) is 3.73. The Morgan fingerprint density at radius 1 is 0.941 bits per heavy atom. The minimum absolute atomic E-state index is 0.265. The van der Waals surface area contributed by atoms with Crippen molar-refractivity contribution in [1.29, 1.82) is 0 Å². The number of nitrogens with zero attached hydrogens (tertiary/aromatic N) is 1. The third kappa shape index (κ3) is 1.54. The molecule has 0 aliphatic heterocycles. The molecule has 0 unspecified atom stereocenters. The average molecular weight is 236 g/mol. The van der Waals surface area contributed by atoms with Crippen molar-refractivity contribution in [2.24, 2.45) is 0 Å². The molecular weight excluding hydrogens is 229 g/mol. The lowest BCUT2D eigenvalue weighted by Crippen LogP contribution is -2.07. The molecule has 0 aliphatic rings. The average Bonchev–Trinajstić information content (AvgIpc) is 2.65. The summed E-state index contributed by atoms with van der Waals surface area (Å²) in [7, 11) is 0. The Bertz CT molecular complexity index is 698. The van der Waals surface area contributed by atoms with Crippen LogP contribution in [0.5, 0.6) is 0 Å². The molecule has 0 fully saturated rings. The minimum Gasteiger partial charge on any atom is -0.339 e. The highest BCUT2D eigenvalue weighted by molar-refractivity contribution is 6.05. The van der Waals surface area contributed by atoms with Crippen molar-refractivity contribution in [1.82, 2.24) is 9.97 Å². The third-order valence-electron chi connectivity index (χ3n) is 2.66. The van der Waals surface area contributed by atoms with Crippen molar-refractivity contribution >= 4 is 21.9 Å². The van der Waals surface area contributed by atoms with Crippen LogP contribution in [0.25, 0.3) is 21.9 Å². The van der Waals surface area contributed by atoms with Crippen LogP contribution < -0.4 is 0 Å². The number of pyridine rings is 1. The molecule has 0 atom stereocenters. The number of hydrogen-bond acceptors (Lipinski definition) is 1. The van der Waals surface area contributed by atoms with E-state index in [0.29, 0.717) is 5.39 Å². The molecule has 0 bridgehead atoms. The molecule has 2 nitrogen and oxygen atoms in total. The lowest BCUT2D eigenvalue weighted by Gasteiger charge is -2.04. The molecule has 86 valence electrons. The van der Waals surface area contributed by atoms with Crippen molar-refractivity contribution in [2.45, 2.75) is 6.18 Å². The van der Waals surface area contributed by atoms with Crippen molar-refractivity contribution in [3.8, 4) is 0 Å². The van der Waals surface area contributed by atoms with Gasteiger partial charge in [0.15, 0.2) is 0 Å². The number of fused-ring (bicyclic) bond motifs is 3. The molecule has 0 spiro atoms. The molecule has 0 amide bonds. The summed E-state index contributed by atoms with van der Waals surface area (Å²) in [6.07, 6.45) is -4.41. The van der Waals surface area contributed by atoms with E-state index in [1.165, 1.54) is 6.07 Å². The highest BCUT2D eigenvalue weighted by Gasteiger charge is 2.32. The van der Waals surface area contributed by atoms with Gasteiger partial charge in [0.05, 0.1) is 0 Å². The second-order valence-corrected chi connectivity index (χ2v) is 3.76. The summed E-state index contributed by atoms with van der Waals surface area (Å²) in [4.78, 5) is 6.48. The summed E-state index contributed by atoms with van der Waals surface area (Å²) in [5, 5.41) is 1.58. The van der Waals surface area contributed by atoms with Crippen LogP contribution in [0.3, 0.4) is 0 Å². The highest BCUT2D eigenvalue weighted by atomic mass is 19.4. The first-order chi connectivity index (χ1) is 8.05. The Labute approximate surface area is 94.1 Å². The van der Waals surface area contributed by atoms with E-state index < -0.39 is 11.9 Å². The van der Waals surface area contributed by atoms with Gasteiger partial charge in [-0.05, 0) is 18.2 Å². The maximum absolute atomic E-state index is 12.5. The Morgan fingerprint density at radius 3 is 2.47 bits per heavy atom. The van der Waals surface area contributed by atoms with E-state index in [9.17, 15) is 13.2 Å². The van der Waals surface area contributed by atoms with E-state index in [1.807, 2.05) is 24.3 Å². The van der Waals surface area contributed by atoms with Crippen LogP contribution in [0, 0.1) is 0 Å². The topological polar surface area (TPSA) is 28.7 Å². The molecule has 3 aromatic rings. The first-order valence-electron chi connectivity index (χ1n) is 5.00. The van der Waals surface area contributed by atoms with E-state index in [0.717, 1.165) is 17.0 Å². The summed E-state index contributed by atoms with van der Waals surface area (Å²) in [5.41, 5.74) is 0.173. The lowest BCUT2D eigenvalue weighted by molar-refractivity contribution is -0.141. The standard InChI is InChI=1S/C12H7F3N2/c13-12(14,15)10-6-5-8-7-3-1-2-4-9(7)16-11(8)17-10/h1-6H,(H,16,17). The van der Waals surface area contributed by atoms with Crippen LogP contribution in [-0.4, -0.2) is 9.97 Å². The first-order valence-corrected chi connectivity index (χ1v) is 5.00. The SMILES string of the molecule is FC(F)(F)c1ccc2c(n1)[nH]c1ccccc12. The Hall–Kier alpha value is -2.04. The van der Waals surface area contributed by atoms with E-state index in [-0.39, 0.29) is 5.65 Å². The minimum atomic E-state index is -4.41. The maximum Gasteiger partial charge on any atom is 0.433 e. The fourth-order valence-electron chi connectivity index (χ4n) is 1.88. The predicted molar refractivity (Wildman–Crippen MR) is 58.6 cm³/mol. The summed E-state index contributed by atoms with van der Waals surface area (Å²) in [5.74, 6) is 0. The van der Waals surface area contributed by atoms with Crippen LogP contribution in [0.4, 0.5) is 13.2 Å². The molecule has 0 saturated carbocycles. The van der Waals surface area contributed by atoms with Crippen LogP contribution in [0.15, 0.2) is 36.4 Å². The number of nitrogens with one attached hydrogen (secondary N) is 1. The molecule has 5 heteroatoms. The van der Waals surface area contributed by atoms with Gasteiger partial charge in [0.2, 0.25) is 0 Å². The van der Waals surface area contributed by atoms with Gasteiger partial charge < -0.3 is 4.98 Å². The largest absolute Gasteiger partial charge is 0.433 e. The van der Waals surface area contributed by atoms with Crippen molar-refractivity contribution in [3.63, 3.8) is 0 Å². The van der Waals surface area contributed by atoms with Crippen LogP contribution in [-0.2, 0) is 6.18 Å². The summed E-state index contributed by atoms with van der Waals surface area (Å²) in [6.45, 7) is 0. The van der Waals surface area contributed by atoms with Gasteiger partial charge in [-0.15, -0.1) is 0 Å². The molecule has 0 radical (unpaired) electrons. The van der Waals surface area contributed by atoms with Crippen LogP contribution in [0.1, 0.15) is 5.69 Å². The van der Waals surface area contributed by atoms with Gasteiger partial charge in [-0.3, -0.25) is 0 Å². The quantitative estimate of drug-likeness (QED) is 0.632. The van der Waals surface area contributed by atoms with Crippen molar-refractivity contribution in [3.05, 3.63) is 42.1 Å². The van der Waals surface area contributed by atoms with Crippen molar-refractivity contribution in [2.75, 3.05) is 0 Å². The van der Waals surface area contributed by atoms with Gasteiger partial charge in [0, 0.05) is 16.3 Å². The molecule has 2 aromatic heterocycles. The highest BCUT2D eigenvalue weighted by Crippen LogP contribution is 2.31. The zero-order valence-corrected chi connectivity index (χ0v) is 8.55. The monoisotopic (exact) mass is 236 g/mol. The molecule has 3 rings (SSSR count). The van der Waals surface area contributed by atoms with Crippen LogP contribution in [0.2, 0.25) is 0 Å². The van der Waals surface area contributed by atoms with E-state index in [2.05, 4.69) is 9.97 Å². The molecule has 0 saturated heterocycles. The van der Waals surface area contributed by atoms with Gasteiger partial charge in [0.25, 0.3) is 0 Å². The van der Waals surface area contributed by atoms with E-state index in [1.54, 1.807) is 0 Å². The number of H-pyrrole nitrogens is 1. The zero-order chi connectivity index (χ0) is 12.0. The molecular formula is C12H7F3N2. The summed E-state index contributed by atoms with van der Waals surface area (Å²) >= 11 is 0.